The maximum atomic E-state index is 12.4. The molecular formula is C25H24N4OS. The van der Waals surface area contributed by atoms with Crippen LogP contribution in [0.15, 0.2) is 72.1 Å². The molecule has 4 aromatic rings. The molecule has 0 bridgehead atoms. The number of benzene rings is 3. The van der Waals surface area contributed by atoms with Crippen LogP contribution in [0.5, 0.6) is 0 Å². The molecule has 0 atom stereocenters. The first-order valence-corrected chi connectivity index (χ1v) is 11.4. The molecule has 5 nitrogen and oxygen atoms in total. The number of hydrogen-bond donors (Lipinski definition) is 2. The van der Waals surface area contributed by atoms with Gasteiger partial charge in [-0.1, -0.05) is 66.7 Å². The van der Waals surface area contributed by atoms with E-state index in [0.717, 1.165) is 42.7 Å². The van der Waals surface area contributed by atoms with Crippen LogP contribution in [-0.2, 0) is 26.1 Å². The highest BCUT2D eigenvalue weighted by Crippen LogP contribution is 2.22. The number of amides is 2. The molecule has 0 saturated heterocycles. The van der Waals surface area contributed by atoms with Crippen molar-refractivity contribution < 1.29 is 4.79 Å². The van der Waals surface area contributed by atoms with E-state index < -0.39 is 0 Å². The predicted octanol–water partition coefficient (Wildman–Crippen LogP) is 5.18. The van der Waals surface area contributed by atoms with Crippen LogP contribution in [0.3, 0.4) is 0 Å². The normalized spacial score (nSPS) is 13.7. The van der Waals surface area contributed by atoms with Gasteiger partial charge in [0.1, 0.15) is 0 Å². The number of thiazole rings is 1. The zero-order valence-corrected chi connectivity index (χ0v) is 18.0. The van der Waals surface area contributed by atoms with Gasteiger partial charge in [-0.25, -0.2) is 9.78 Å². The molecule has 1 aliphatic rings. The fourth-order valence-corrected chi connectivity index (χ4v) is 4.82. The van der Waals surface area contributed by atoms with Crippen LogP contribution in [0.4, 0.5) is 9.93 Å². The first kappa shape index (κ1) is 19.7. The van der Waals surface area contributed by atoms with Crippen molar-refractivity contribution in [2.45, 2.75) is 26.1 Å². The van der Waals surface area contributed by atoms with Crippen molar-refractivity contribution in [3.05, 3.63) is 94.5 Å². The second-order valence-corrected chi connectivity index (χ2v) is 8.68. The highest BCUT2D eigenvalue weighted by Gasteiger charge is 2.17. The number of anilines is 1. The molecular weight excluding hydrogens is 404 g/mol. The summed E-state index contributed by atoms with van der Waals surface area (Å²) in [6.07, 6.45) is 1.07. The third-order valence-electron chi connectivity index (χ3n) is 5.69. The summed E-state index contributed by atoms with van der Waals surface area (Å²) in [5.41, 5.74) is 4.93. The Morgan fingerprint density at radius 2 is 1.81 bits per heavy atom. The molecule has 1 aromatic heterocycles. The smallest absolute Gasteiger partial charge is 0.321 e. The van der Waals surface area contributed by atoms with E-state index >= 15 is 0 Å². The molecule has 0 aliphatic carbocycles. The van der Waals surface area contributed by atoms with Crippen molar-refractivity contribution in [2.24, 2.45) is 0 Å². The van der Waals surface area contributed by atoms with Crippen molar-refractivity contribution in [3.63, 3.8) is 0 Å². The molecule has 0 radical (unpaired) electrons. The lowest BCUT2D eigenvalue weighted by molar-refractivity contribution is 0.243. The van der Waals surface area contributed by atoms with Gasteiger partial charge in [0.15, 0.2) is 5.13 Å². The Bertz CT molecular complexity index is 1210. The van der Waals surface area contributed by atoms with E-state index in [2.05, 4.69) is 63.0 Å². The van der Waals surface area contributed by atoms with Crippen LogP contribution < -0.4 is 10.6 Å². The van der Waals surface area contributed by atoms with Gasteiger partial charge in [-0.15, -0.1) is 11.3 Å². The summed E-state index contributed by atoms with van der Waals surface area (Å²) in [6.45, 7) is 3.24. The molecule has 2 N–H and O–H groups in total. The molecule has 5 rings (SSSR count). The van der Waals surface area contributed by atoms with Gasteiger partial charge in [-0.2, -0.15) is 0 Å². The first-order valence-electron chi connectivity index (χ1n) is 10.5. The van der Waals surface area contributed by atoms with E-state index in [-0.39, 0.29) is 6.03 Å². The second-order valence-electron chi connectivity index (χ2n) is 7.82. The number of nitrogens with one attached hydrogen (secondary N) is 2. The molecule has 0 fully saturated rings. The van der Waals surface area contributed by atoms with Crippen molar-refractivity contribution >= 4 is 33.3 Å². The second kappa shape index (κ2) is 8.88. The van der Waals surface area contributed by atoms with E-state index in [1.54, 1.807) is 0 Å². The highest BCUT2D eigenvalue weighted by molar-refractivity contribution is 7.13. The number of carbonyl (C=O) groups excluding carboxylic acids is 1. The monoisotopic (exact) mass is 428 g/mol. The summed E-state index contributed by atoms with van der Waals surface area (Å²) in [5, 5.41) is 10.8. The van der Waals surface area contributed by atoms with Crippen LogP contribution >= 0.6 is 11.3 Å². The lowest BCUT2D eigenvalue weighted by Crippen LogP contribution is -2.30. The average molecular weight is 429 g/mol. The molecule has 2 amide bonds. The highest BCUT2D eigenvalue weighted by atomic mass is 32.1. The Balaban J connectivity index is 1.16. The SMILES string of the molecule is O=C(NCc1cccc2ccccc12)Nc1nc(CN2CCc3ccccc3C2)cs1. The zero-order valence-electron chi connectivity index (χ0n) is 17.2. The van der Waals surface area contributed by atoms with Gasteiger partial charge in [0.2, 0.25) is 0 Å². The molecule has 3 aromatic carbocycles. The molecule has 31 heavy (non-hydrogen) atoms. The predicted molar refractivity (Wildman–Crippen MR) is 126 cm³/mol. The maximum absolute atomic E-state index is 12.4. The number of fused-ring (bicyclic) bond motifs is 2. The molecule has 0 saturated carbocycles. The van der Waals surface area contributed by atoms with Gasteiger partial charge >= 0.3 is 6.03 Å². The Morgan fingerprint density at radius 3 is 2.74 bits per heavy atom. The Labute approximate surface area is 185 Å². The third kappa shape index (κ3) is 4.60. The van der Waals surface area contributed by atoms with E-state index in [9.17, 15) is 4.79 Å². The lowest BCUT2D eigenvalue weighted by Gasteiger charge is -2.27. The summed E-state index contributed by atoms with van der Waals surface area (Å²) in [4.78, 5) is 19.4. The molecule has 1 aliphatic heterocycles. The van der Waals surface area contributed by atoms with Gasteiger partial charge in [0.25, 0.3) is 0 Å². The summed E-state index contributed by atoms with van der Waals surface area (Å²) in [6, 6.07) is 22.7. The average Bonchev–Trinajstić information content (AvgIpc) is 3.24. The van der Waals surface area contributed by atoms with Gasteiger partial charge in [-0.05, 0) is 33.9 Å². The van der Waals surface area contributed by atoms with Crippen molar-refractivity contribution in [1.82, 2.24) is 15.2 Å². The minimum absolute atomic E-state index is 0.235. The number of hydrogen-bond acceptors (Lipinski definition) is 4. The summed E-state index contributed by atoms with van der Waals surface area (Å²) in [7, 11) is 0. The first-order chi connectivity index (χ1) is 15.2. The van der Waals surface area contributed by atoms with Crippen LogP contribution in [0.1, 0.15) is 22.4 Å². The van der Waals surface area contributed by atoms with E-state index in [4.69, 9.17) is 0 Å². The Morgan fingerprint density at radius 1 is 1.00 bits per heavy atom. The Kier molecular flexibility index (Phi) is 5.65. The standard InChI is InChI=1S/C25H24N4OS/c30-24(26-14-20-10-5-9-19-7-3-4-11-23(19)20)28-25-27-22(17-31-25)16-29-13-12-18-6-1-2-8-21(18)15-29/h1-11,17H,12-16H2,(H2,26,27,28,30). The summed E-state index contributed by atoms with van der Waals surface area (Å²) in [5.74, 6) is 0. The van der Waals surface area contributed by atoms with Crippen LogP contribution in [0, 0.1) is 0 Å². The molecule has 2 heterocycles. The largest absolute Gasteiger partial charge is 0.334 e. The number of nitrogens with zero attached hydrogens (tertiary/aromatic N) is 2. The van der Waals surface area contributed by atoms with Gasteiger partial charge < -0.3 is 5.32 Å². The molecule has 0 spiro atoms. The van der Waals surface area contributed by atoms with E-state index in [1.807, 2.05) is 29.6 Å². The van der Waals surface area contributed by atoms with Gasteiger partial charge in [0, 0.05) is 31.6 Å². The molecule has 6 heteroatoms. The van der Waals surface area contributed by atoms with Crippen LogP contribution in [0.25, 0.3) is 10.8 Å². The van der Waals surface area contributed by atoms with Crippen molar-refractivity contribution in [2.75, 3.05) is 11.9 Å². The third-order valence-corrected chi connectivity index (χ3v) is 6.49. The quantitative estimate of drug-likeness (QED) is 0.461. The minimum Gasteiger partial charge on any atom is -0.334 e. The van der Waals surface area contributed by atoms with Crippen molar-refractivity contribution in [1.29, 1.82) is 0 Å². The Hall–Kier alpha value is -3.22. The van der Waals surface area contributed by atoms with Gasteiger partial charge in [0.05, 0.1) is 5.69 Å². The number of carbonyl (C=O) groups is 1. The minimum atomic E-state index is -0.235. The van der Waals surface area contributed by atoms with Gasteiger partial charge in [-0.3, -0.25) is 10.2 Å². The maximum Gasteiger partial charge on any atom is 0.321 e. The fourth-order valence-electron chi connectivity index (χ4n) is 4.12. The number of aromatic nitrogens is 1. The number of urea groups is 1. The molecule has 0 unspecified atom stereocenters. The summed E-state index contributed by atoms with van der Waals surface area (Å²) >= 11 is 1.47. The van der Waals surface area contributed by atoms with E-state index in [1.165, 1.54) is 27.8 Å². The van der Waals surface area contributed by atoms with E-state index in [0.29, 0.717) is 11.7 Å². The fraction of sp³-hybridized carbons (Fsp3) is 0.200. The summed E-state index contributed by atoms with van der Waals surface area (Å²) < 4.78 is 0. The number of rotatable bonds is 5. The zero-order chi connectivity index (χ0) is 21.0. The lowest BCUT2D eigenvalue weighted by atomic mass is 10.00. The van der Waals surface area contributed by atoms with Crippen LogP contribution in [-0.4, -0.2) is 22.5 Å². The van der Waals surface area contributed by atoms with Crippen molar-refractivity contribution in [3.8, 4) is 0 Å². The molecule has 156 valence electrons. The van der Waals surface area contributed by atoms with Crippen LogP contribution in [0.2, 0.25) is 0 Å². The topological polar surface area (TPSA) is 57.3 Å².